The van der Waals surface area contributed by atoms with Crippen LogP contribution in [0, 0.1) is 5.92 Å². The number of hydrogen-bond acceptors (Lipinski definition) is 2. The van der Waals surface area contributed by atoms with E-state index >= 15 is 0 Å². The van der Waals surface area contributed by atoms with Gasteiger partial charge in [-0.25, -0.2) is 4.98 Å². The number of carbonyl (C=O) groups is 1. The van der Waals surface area contributed by atoms with E-state index in [4.69, 9.17) is 0 Å². The van der Waals surface area contributed by atoms with Crippen molar-refractivity contribution < 1.29 is 18.0 Å². The Hall–Kier alpha value is -1.11. The van der Waals surface area contributed by atoms with Crippen molar-refractivity contribution in [2.24, 2.45) is 5.92 Å². The highest BCUT2D eigenvalue weighted by Crippen LogP contribution is 2.27. The molecule has 0 spiro atoms. The average molecular weight is 325 g/mol. The molecule has 0 aromatic carbocycles. The van der Waals surface area contributed by atoms with Gasteiger partial charge in [-0.1, -0.05) is 29.8 Å². The van der Waals surface area contributed by atoms with Crippen molar-refractivity contribution in [2.45, 2.75) is 24.9 Å². The molecule has 100 valence electrons. The average Bonchev–Trinajstić information content (AvgIpc) is 2.27. The standard InChI is InChI=1S/C11H12BrF3N2O/c1-6(2)9(12)10(18)17-7-3-4-8(16-5-7)11(13,14)15/h3-6,9H,1-2H3,(H,17,18). The number of pyridine rings is 1. The molecule has 0 aliphatic carbocycles. The van der Waals surface area contributed by atoms with Gasteiger partial charge in [0.25, 0.3) is 0 Å². The molecule has 1 unspecified atom stereocenters. The van der Waals surface area contributed by atoms with Crippen LogP contribution in [-0.4, -0.2) is 15.7 Å². The maximum absolute atomic E-state index is 12.3. The Labute approximate surface area is 111 Å². The summed E-state index contributed by atoms with van der Waals surface area (Å²) in [5.74, 6) is -0.237. The summed E-state index contributed by atoms with van der Waals surface area (Å²) >= 11 is 3.20. The lowest BCUT2D eigenvalue weighted by Gasteiger charge is -2.14. The Morgan fingerprint density at radius 3 is 2.39 bits per heavy atom. The second-order valence-corrected chi connectivity index (χ2v) is 5.05. The highest BCUT2D eigenvalue weighted by atomic mass is 79.9. The number of nitrogens with zero attached hydrogens (tertiary/aromatic N) is 1. The number of nitrogens with one attached hydrogen (secondary N) is 1. The number of amides is 1. The molecule has 1 rings (SSSR count). The summed E-state index contributed by atoms with van der Waals surface area (Å²) in [5.41, 5.74) is -0.752. The summed E-state index contributed by atoms with van der Waals surface area (Å²) in [6, 6.07) is 2.00. The van der Waals surface area contributed by atoms with Gasteiger partial charge in [0.2, 0.25) is 5.91 Å². The van der Waals surface area contributed by atoms with E-state index in [-0.39, 0.29) is 17.5 Å². The predicted octanol–water partition coefficient (Wildman–Crippen LogP) is 3.46. The van der Waals surface area contributed by atoms with Crippen molar-refractivity contribution in [2.75, 3.05) is 5.32 Å². The summed E-state index contributed by atoms with van der Waals surface area (Å²) < 4.78 is 36.8. The lowest BCUT2D eigenvalue weighted by Crippen LogP contribution is -2.27. The number of hydrogen-bond donors (Lipinski definition) is 1. The third kappa shape index (κ3) is 3.97. The van der Waals surface area contributed by atoms with Crippen molar-refractivity contribution in [1.29, 1.82) is 0 Å². The van der Waals surface area contributed by atoms with Gasteiger partial charge in [0.1, 0.15) is 5.69 Å². The Morgan fingerprint density at radius 2 is 2.00 bits per heavy atom. The highest BCUT2D eigenvalue weighted by molar-refractivity contribution is 9.10. The minimum atomic E-state index is -4.47. The summed E-state index contributed by atoms with van der Waals surface area (Å²) in [6.07, 6.45) is -3.49. The molecule has 0 aliphatic heterocycles. The van der Waals surface area contributed by atoms with Crippen molar-refractivity contribution in [1.82, 2.24) is 4.98 Å². The Bertz CT molecular complexity index is 417. The van der Waals surface area contributed by atoms with E-state index in [1.54, 1.807) is 0 Å². The van der Waals surface area contributed by atoms with E-state index in [9.17, 15) is 18.0 Å². The number of carbonyl (C=O) groups excluding carboxylic acids is 1. The van der Waals surface area contributed by atoms with Crippen molar-refractivity contribution in [3.8, 4) is 0 Å². The van der Waals surface area contributed by atoms with E-state index in [0.29, 0.717) is 0 Å². The minimum absolute atomic E-state index is 0.0763. The van der Waals surface area contributed by atoms with Crippen molar-refractivity contribution >= 4 is 27.5 Å². The van der Waals surface area contributed by atoms with Gasteiger partial charge in [-0.15, -0.1) is 0 Å². The maximum Gasteiger partial charge on any atom is 0.433 e. The lowest BCUT2D eigenvalue weighted by atomic mass is 10.1. The molecule has 0 fully saturated rings. The Morgan fingerprint density at radius 1 is 1.39 bits per heavy atom. The molecule has 0 saturated carbocycles. The summed E-state index contributed by atoms with van der Waals surface area (Å²) in [4.78, 5) is 14.5. The number of aromatic nitrogens is 1. The molecule has 0 bridgehead atoms. The van der Waals surface area contributed by atoms with E-state index in [1.807, 2.05) is 13.8 Å². The molecule has 1 amide bonds. The molecule has 0 saturated heterocycles. The van der Waals surface area contributed by atoms with Crippen LogP contribution in [0.4, 0.5) is 18.9 Å². The van der Waals surface area contributed by atoms with Crippen LogP contribution < -0.4 is 5.32 Å². The van der Waals surface area contributed by atoms with Crippen molar-refractivity contribution in [3.05, 3.63) is 24.0 Å². The SMILES string of the molecule is CC(C)C(Br)C(=O)Nc1ccc(C(F)(F)F)nc1. The molecular formula is C11H12BrF3N2O. The van der Waals surface area contributed by atoms with Crippen LogP contribution in [0.1, 0.15) is 19.5 Å². The van der Waals surface area contributed by atoms with Gasteiger partial charge < -0.3 is 5.32 Å². The maximum atomic E-state index is 12.3. The molecule has 1 N–H and O–H groups in total. The molecule has 1 heterocycles. The molecule has 1 aromatic heterocycles. The summed E-state index contributed by atoms with van der Waals surface area (Å²) in [5, 5.41) is 2.49. The van der Waals surface area contributed by atoms with Gasteiger partial charge in [-0.05, 0) is 18.1 Å². The normalized spacial score (nSPS) is 13.5. The topological polar surface area (TPSA) is 42.0 Å². The number of rotatable bonds is 3. The molecule has 3 nitrogen and oxygen atoms in total. The molecule has 18 heavy (non-hydrogen) atoms. The van der Waals surface area contributed by atoms with Crippen molar-refractivity contribution in [3.63, 3.8) is 0 Å². The van der Waals surface area contributed by atoms with Gasteiger partial charge >= 0.3 is 6.18 Å². The molecule has 7 heteroatoms. The second-order valence-electron chi connectivity index (χ2n) is 4.06. The predicted molar refractivity (Wildman–Crippen MR) is 65.4 cm³/mol. The molecule has 0 radical (unpaired) electrons. The van der Waals surface area contributed by atoms with Gasteiger partial charge in [-0.2, -0.15) is 13.2 Å². The molecular weight excluding hydrogens is 313 g/mol. The van der Waals surface area contributed by atoms with Gasteiger partial charge in [0.15, 0.2) is 0 Å². The van der Waals surface area contributed by atoms with E-state index < -0.39 is 16.7 Å². The van der Waals surface area contributed by atoms with Crippen LogP contribution in [0.15, 0.2) is 18.3 Å². The van der Waals surface area contributed by atoms with Crippen LogP contribution in [0.25, 0.3) is 0 Å². The van der Waals surface area contributed by atoms with E-state index in [2.05, 4.69) is 26.2 Å². The van der Waals surface area contributed by atoms with Gasteiger partial charge in [-0.3, -0.25) is 4.79 Å². The largest absolute Gasteiger partial charge is 0.433 e. The molecule has 1 aromatic rings. The van der Waals surface area contributed by atoms with Gasteiger partial charge in [0.05, 0.1) is 16.7 Å². The number of halogens is 4. The summed E-state index contributed by atoms with van der Waals surface area (Å²) in [6.45, 7) is 3.70. The minimum Gasteiger partial charge on any atom is -0.324 e. The van der Waals surface area contributed by atoms with Crippen LogP contribution in [0.2, 0.25) is 0 Å². The van der Waals surface area contributed by atoms with E-state index in [1.165, 1.54) is 6.07 Å². The molecule has 1 atom stereocenters. The first-order chi connectivity index (χ1) is 8.21. The third-order valence-corrected chi connectivity index (χ3v) is 3.63. The van der Waals surface area contributed by atoms with Crippen LogP contribution in [0.5, 0.6) is 0 Å². The molecule has 0 aliphatic rings. The fraction of sp³-hybridized carbons (Fsp3) is 0.455. The first-order valence-corrected chi connectivity index (χ1v) is 6.11. The zero-order valence-corrected chi connectivity index (χ0v) is 11.3. The fourth-order valence-corrected chi connectivity index (χ4v) is 1.26. The Balaban J connectivity index is 2.73. The van der Waals surface area contributed by atoms with Crippen LogP contribution >= 0.6 is 15.9 Å². The fourth-order valence-electron chi connectivity index (χ4n) is 1.15. The van der Waals surface area contributed by atoms with Crippen LogP contribution in [-0.2, 0) is 11.0 Å². The Kier molecular flexibility index (Phi) is 4.72. The second kappa shape index (κ2) is 5.69. The first-order valence-electron chi connectivity index (χ1n) is 5.20. The quantitative estimate of drug-likeness (QED) is 0.865. The zero-order chi connectivity index (χ0) is 13.9. The monoisotopic (exact) mass is 324 g/mol. The first kappa shape index (κ1) is 14.9. The third-order valence-electron chi connectivity index (χ3n) is 2.16. The van der Waals surface area contributed by atoms with E-state index in [0.717, 1.165) is 12.3 Å². The number of alkyl halides is 4. The van der Waals surface area contributed by atoms with Crippen LogP contribution in [0.3, 0.4) is 0 Å². The summed E-state index contributed by atoms with van der Waals surface area (Å²) in [7, 11) is 0. The zero-order valence-electron chi connectivity index (χ0n) is 9.75. The van der Waals surface area contributed by atoms with Gasteiger partial charge in [0, 0.05) is 0 Å². The number of anilines is 1. The lowest BCUT2D eigenvalue weighted by molar-refractivity contribution is -0.141. The smallest absolute Gasteiger partial charge is 0.324 e. The highest BCUT2D eigenvalue weighted by Gasteiger charge is 2.32.